The predicted octanol–water partition coefficient (Wildman–Crippen LogP) is 6.11. The third kappa shape index (κ3) is 10.00. The minimum Gasteiger partial charge on any atom is -0.179 e. The summed E-state index contributed by atoms with van der Waals surface area (Å²) in [5, 5.41) is 0. The van der Waals surface area contributed by atoms with E-state index in [2.05, 4.69) is 40.3 Å². The van der Waals surface area contributed by atoms with E-state index in [1.807, 2.05) is 0 Å². The summed E-state index contributed by atoms with van der Waals surface area (Å²) < 4.78 is 0. The number of unbranched alkanes of at least 4 members (excludes halogenated alkanes) is 5. The summed E-state index contributed by atoms with van der Waals surface area (Å²) in [6, 6.07) is 0. The zero-order chi connectivity index (χ0) is 13.1. The molecular weight excluding hydrogens is 224 g/mol. The van der Waals surface area contributed by atoms with Crippen molar-refractivity contribution < 1.29 is 0 Å². The molecule has 0 saturated heterocycles. The predicted molar refractivity (Wildman–Crippen MR) is 84.0 cm³/mol. The first-order valence-corrected chi connectivity index (χ1v) is 8.26. The van der Waals surface area contributed by atoms with Crippen molar-refractivity contribution in [2.45, 2.75) is 85.5 Å². The highest BCUT2D eigenvalue weighted by Crippen LogP contribution is 2.34. The van der Waals surface area contributed by atoms with Crippen LogP contribution in [-0.4, -0.2) is 5.75 Å². The average Bonchev–Trinajstić information content (AvgIpc) is 2.25. The van der Waals surface area contributed by atoms with Crippen molar-refractivity contribution in [2.24, 2.45) is 11.3 Å². The monoisotopic (exact) mass is 258 g/mol. The zero-order valence-corrected chi connectivity index (χ0v) is 13.5. The summed E-state index contributed by atoms with van der Waals surface area (Å²) in [6.45, 7) is 9.47. The Labute approximate surface area is 115 Å². The Hall–Kier alpha value is 0.350. The van der Waals surface area contributed by atoms with Crippen LogP contribution in [-0.2, 0) is 0 Å². The van der Waals surface area contributed by atoms with Crippen molar-refractivity contribution in [3.63, 3.8) is 0 Å². The molecule has 0 aliphatic carbocycles. The van der Waals surface area contributed by atoms with Crippen LogP contribution >= 0.6 is 12.6 Å². The minimum absolute atomic E-state index is 0.479. The van der Waals surface area contributed by atoms with Gasteiger partial charge in [0.1, 0.15) is 0 Å². The van der Waals surface area contributed by atoms with Gasteiger partial charge in [-0.1, -0.05) is 66.2 Å². The van der Waals surface area contributed by atoms with Crippen LogP contribution in [0, 0.1) is 11.3 Å². The third-order valence-electron chi connectivity index (χ3n) is 3.84. The van der Waals surface area contributed by atoms with E-state index in [-0.39, 0.29) is 0 Å². The Balaban J connectivity index is 3.69. The molecule has 0 rings (SSSR count). The SMILES string of the molecule is CCCCCCCCC(CCCS)C(C)(C)C. The summed E-state index contributed by atoms with van der Waals surface area (Å²) in [7, 11) is 0. The second-order valence-corrected chi connectivity index (χ2v) is 6.93. The highest BCUT2D eigenvalue weighted by atomic mass is 32.1. The summed E-state index contributed by atoms with van der Waals surface area (Å²) in [5.74, 6) is 1.93. The lowest BCUT2D eigenvalue weighted by molar-refractivity contribution is 0.205. The fourth-order valence-electron chi connectivity index (χ4n) is 2.52. The van der Waals surface area contributed by atoms with Gasteiger partial charge in [0.2, 0.25) is 0 Å². The second-order valence-electron chi connectivity index (χ2n) is 6.49. The quantitative estimate of drug-likeness (QED) is 0.355. The molecule has 17 heavy (non-hydrogen) atoms. The van der Waals surface area contributed by atoms with Gasteiger partial charge in [0.05, 0.1) is 0 Å². The van der Waals surface area contributed by atoms with Gasteiger partial charge < -0.3 is 0 Å². The van der Waals surface area contributed by atoms with E-state index in [1.54, 1.807) is 0 Å². The van der Waals surface area contributed by atoms with Crippen LogP contribution in [0.4, 0.5) is 0 Å². The highest BCUT2D eigenvalue weighted by molar-refractivity contribution is 7.80. The molecule has 0 spiro atoms. The molecule has 0 heterocycles. The van der Waals surface area contributed by atoms with E-state index >= 15 is 0 Å². The molecule has 0 saturated carbocycles. The largest absolute Gasteiger partial charge is 0.179 e. The topological polar surface area (TPSA) is 0 Å². The van der Waals surface area contributed by atoms with Gasteiger partial charge in [-0.2, -0.15) is 12.6 Å². The van der Waals surface area contributed by atoms with Gasteiger partial charge in [-0.25, -0.2) is 0 Å². The van der Waals surface area contributed by atoms with Crippen molar-refractivity contribution in [1.29, 1.82) is 0 Å². The highest BCUT2D eigenvalue weighted by Gasteiger charge is 2.23. The van der Waals surface area contributed by atoms with Gasteiger partial charge in [-0.05, 0) is 36.3 Å². The van der Waals surface area contributed by atoms with Crippen molar-refractivity contribution in [3.05, 3.63) is 0 Å². The van der Waals surface area contributed by atoms with Crippen molar-refractivity contribution in [1.82, 2.24) is 0 Å². The Morgan fingerprint density at radius 1 is 0.824 bits per heavy atom. The lowest BCUT2D eigenvalue weighted by Gasteiger charge is -2.31. The van der Waals surface area contributed by atoms with Crippen molar-refractivity contribution in [3.8, 4) is 0 Å². The van der Waals surface area contributed by atoms with Gasteiger partial charge in [-0.15, -0.1) is 0 Å². The Morgan fingerprint density at radius 2 is 1.35 bits per heavy atom. The van der Waals surface area contributed by atoms with E-state index in [9.17, 15) is 0 Å². The summed E-state index contributed by atoms with van der Waals surface area (Å²) in [5.41, 5.74) is 0.479. The van der Waals surface area contributed by atoms with Crippen molar-refractivity contribution in [2.75, 3.05) is 5.75 Å². The molecule has 0 aromatic heterocycles. The van der Waals surface area contributed by atoms with Gasteiger partial charge in [0.25, 0.3) is 0 Å². The van der Waals surface area contributed by atoms with E-state index in [0.29, 0.717) is 5.41 Å². The maximum Gasteiger partial charge on any atom is -0.00978 e. The first-order valence-electron chi connectivity index (χ1n) is 7.63. The van der Waals surface area contributed by atoms with Crippen LogP contribution in [0.25, 0.3) is 0 Å². The minimum atomic E-state index is 0.479. The first kappa shape index (κ1) is 17.4. The summed E-state index contributed by atoms with van der Waals surface area (Å²) in [4.78, 5) is 0. The van der Waals surface area contributed by atoms with Gasteiger partial charge in [-0.3, -0.25) is 0 Å². The van der Waals surface area contributed by atoms with Crippen molar-refractivity contribution >= 4 is 12.6 Å². The standard InChI is InChI=1S/C16H34S/c1-5-6-7-8-9-10-12-15(13-11-14-17)16(2,3)4/h15,17H,5-14H2,1-4H3. The molecule has 0 radical (unpaired) electrons. The third-order valence-corrected chi connectivity index (χ3v) is 4.16. The molecule has 0 nitrogen and oxygen atoms in total. The zero-order valence-electron chi connectivity index (χ0n) is 12.6. The van der Waals surface area contributed by atoms with Crippen LogP contribution in [0.3, 0.4) is 0 Å². The Kier molecular flexibility index (Phi) is 10.5. The maximum absolute atomic E-state index is 4.34. The van der Waals surface area contributed by atoms with Gasteiger partial charge in [0, 0.05) is 0 Å². The molecular formula is C16H34S. The fraction of sp³-hybridized carbons (Fsp3) is 1.00. The van der Waals surface area contributed by atoms with E-state index in [0.717, 1.165) is 11.7 Å². The smallest absolute Gasteiger partial charge is 0.00978 e. The van der Waals surface area contributed by atoms with Crippen LogP contribution in [0.5, 0.6) is 0 Å². The van der Waals surface area contributed by atoms with Gasteiger partial charge in [0.15, 0.2) is 0 Å². The first-order chi connectivity index (χ1) is 8.02. The summed E-state index contributed by atoms with van der Waals surface area (Å²) >= 11 is 4.34. The fourth-order valence-corrected chi connectivity index (χ4v) is 2.70. The molecule has 1 atom stereocenters. The molecule has 0 aliphatic heterocycles. The number of thiol groups is 1. The van der Waals surface area contributed by atoms with Gasteiger partial charge >= 0.3 is 0 Å². The second kappa shape index (κ2) is 10.3. The lowest BCUT2D eigenvalue weighted by Crippen LogP contribution is -2.20. The molecule has 0 amide bonds. The molecule has 0 fully saturated rings. The van der Waals surface area contributed by atoms with E-state index in [1.165, 1.54) is 57.8 Å². The lowest BCUT2D eigenvalue weighted by atomic mass is 9.75. The maximum atomic E-state index is 4.34. The molecule has 0 aromatic rings. The average molecular weight is 259 g/mol. The molecule has 0 aromatic carbocycles. The molecule has 1 heteroatoms. The molecule has 104 valence electrons. The van der Waals surface area contributed by atoms with E-state index < -0.39 is 0 Å². The van der Waals surface area contributed by atoms with Crippen LogP contribution in [0.15, 0.2) is 0 Å². The van der Waals surface area contributed by atoms with Crippen LogP contribution in [0.2, 0.25) is 0 Å². The normalized spacial score (nSPS) is 13.9. The summed E-state index contributed by atoms with van der Waals surface area (Å²) in [6.07, 6.45) is 12.6. The number of hydrogen-bond acceptors (Lipinski definition) is 1. The van der Waals surface area contributed by atoms with Crippen LogP contribution in [0.1, 0.15) is 85.5 Å². The molecule has 0 bridgehead atoms. The molecule has 1 unspecified atom stereocenters. The molecule has 0 aliphatic rings. The number of hydrogen-bond donors (Lipinski definition) is 1. The number of rotatable bonds is 10. The molecule has 0 N–H and O–H groups in total. The van der Waals surface area contributed by atoms with Crippen LogP contribution < -0.4 is 0 Å². The van der Waals surface area contributed by atoms with E-state index in [4.69, 9.17) is 0 Å². The Bertz CT molecular complexity index is 157. The Morgan fingerprint density at radius 3 is 1.88 bits per heavy atom.